The van der Waals surface area contributed by atoms with Crippen LogP contribution in [0.15, 0.2) is 48.7 Å². The third-order valence-corrected chi connectivity index (χ3v) is 4.49. The van der Waals surface area contributed by atoms with Gasteiger partial charge in [0.05, 0.1) is 5.56 Å². The molecule has 1 N–H and O–H groups in total. The van der Waals surface area contributed by atoms with Crippen molar-refractivity contribution in [3.05, 3.63) is 64.8 Å². The Morgan fingerprint density at radius 2 is 2.00 bits per heavy atom. The molecule has 0 unspecified atom stereocenters. The summed E-state index contributed by atoms with van der Waals surface area (Å²) in [4.78, 5) is 18.9. The molecule has 0 aliphatic rings. The minimum Gasteiger partial charge on any atom is -0.342 e. The van der Waals surface area contributed by atoms with Crippen LogP contribution in [0.5, 0.6) is 0 Å². The Morgan fingerprint density at radius 3 is 2.72 bits per heavy atom. The maximum atomic E-state index is 12.7. The maximum Gasteiger partial charge on any atom is 0.255 e. The first-order chi connectivity index (χ1) is 12.0. The van der Waals surface area contributed by atoms with Crippen molar-refractivity contribution in [2.24, 2.45) is 0 Å². The van der Waals surface area contributed by atoms with E-state index in [4.69, 9.17) is 11.6 Å². The summed E-state index contributed by atoms with van der Waals surface area (Å²) in [6.45, 7) is 4.61. The van der Waals surface area contributed by atoms with Crippen molar-refractivity contribution in [3.63, 3.8) is 0 Å². The molecule has 1 aromatic heterocycles. The van der Waals surface area contributed by atoms with Crippen LogP contribution in [0.3, 0.4) is 0 Å². The van der Waals surface area contributed by atoms with Gasteiger partial charge in [-0.2, -0.15) is 0 Å². The quantitative estimate of drug-likeness (QED) is 0.715. The molecule has 0 atom stereocenters. The third-order valence-electron chi connectivity index (χ3n) is 4.26. The zero-order chi connectivity index (χ0) is 18.0. The van der Waals surface area contributed by atoms with Crippen LogP contribution in [0.25, 0.3) is 10.8 Å². The van der Waals surface area contributed by atoms with Crippen LogP contribution < -0.4 is 5.32 Å². The van der Waals surface area contributed by atoms with Crippen LogP contribution in [0.1, 0.15) is 22.8 Å². The number of hydrogen-bond donors (Lipinski definition) is 1. The summed E-state index contributed by atoms with van der Waals surface area (Å²) >= 11 is 6.06. The highest BCUT2D eigenvalue weighted by molar-refractivity contribution is 6.30. The zero-order valence-electron chi connectivity index (χ0n) is 14.5. The number of nitrogens with one attached hydrogen (secondary N) is 1. The number of aromatic nitrogens is 1. The summed E-state index contributed by atoms with van der Waals surface area (Å²) in [6.07, 6.45) is 1.65. The fourth-order valence-electron chi connectivity index (χ4n) is 2.80. The van der Waals surface area contributed by atoms with Crippen LogP contribution in [0.4, 0.5) is 11.5 Å². The Kier molecular flexibility index (Phi) is 4.91. The summed E-state index contributed by atoms with van der Waals surface area (Å²) in [5, 5.41) is 5.79. The normalized spacial score (nSPS) is 10.7. The molecule has 1 heterocycles. The molecular formula is C20H20ClN3O. The second kappa shape index (κ2) is 7.11. The highest BCUT2D eigenvalue weighted by atomic mass is 35.5. The van der Waals surface area contributed by atoms with E-state index in [1.807, 2.05) is 56.3 Å². The van der Waals surface area contributed by atoms with Crippen molar-refractivity contribution in [1.82, 2.24) is 9.88 Å². The average molecular weight is 354 g/mol. The van der Waals surface area contributed by atoms with Gasteiger partial charge in [0.25, 0.3) is 5.91 Å². The first kappa shape index (κ1) is 17.2. The molecule has 2 aromatic carbocycles. The summed E-state index contributed by atoms with van der Waals surface area (Å²) in [6, 6.07) is 13.4. The molecule has 0 aliphatic heterocycles. The Morgan fingerprint density at radius 1 is 1.24 bits per heavy atom. The lowest BCUT2D eigenvalue weighted by atomic mass is 10.0. The van der Waals surface area contributed by atoms with Crippen molar-refractivity contribution < 1.29 is 4.79 Å². The van der Waals surface area contributed by atoms with E-state index < -0.39 is 0 Å². The molecule has 0 saturated carbocycles. The Hall–Kier alpha value is -2.59. The van der Waals surface area contributed by atoms with Crippen molar-refractivity contribution in [2.45, 2.75) is 13.8 Å². The summed E-state index contributed by atoms with van der Waals surface area (Å²) in [7, 11) is 1.80. The van der Waals surface area contributed by atoms with Crippen molar-refractivity contribution in [3.8, 4) is 0 Å². The number of benzene rings is 2. The van der Waals surface area contributed by atoms with Crippen LogP contribution in [-0.2, 0) is 0 Å². The second-order valence-corrected chi connectivity index (χ2v) is 6.41. The molecule has 3 aromatic rings. The molecular weight excluding hydrogens is 334 g/mol. The Bertz CT molecular complexity index is 939. The number of fused-ring (bicyclic) bond motifs is 1. The van der Waals surface area contributed by atoms with E-state index in [2.05, 4.69) is 10.3 Å². The highest BCUT2D eigenvalue weighted by Crippen LogP contribution is 2.30. The van der Waals surface area contributed by atoms with Crippen LogP contribution >= 0.6 is 11.6 Å². The average Bonchev–Trinajstić information content (AvgIpc) is 2.61. The number of halogens is 1. The van der Waals surface area contributed by atoms with Gasteiger partial charge < -0.3 is 10.2 Å². The van der Waals surface area contributed by atoms with Gasteiger partial charge in [-0.3, -0.25) is 4.79 Å². The molecule has 25 heavy (non-hydrogen) atoms. The molecule has 0 spiro atoms. The molecule has 0 fully saturated rings. The standard InChI is InChI=1S/C20H20ClN3O/c1-4-24(3)20(25)17-12-22-19(16-10-5-7-13(2)18(16)17)23-15-9-6-8-14(21)11-15/h5-12H,4H2,1-3H3,(H,22,23). The number of pyridine rings is 1. The SMILES string of the molecule is CCN(C)C(=O)c1cnc(Nc2cccc(Cl)c2)c2cccc(C)c12. The Balaban J connectivity index is 2.14. The minimum absolute atomic E-state index is 0.0244. The first-order valence-electron chi connectivity index (χ1n) is 8.17. The fourth-order valence-corrected chi connectivity index (χ4v) is 2.99. The molecule has 5 heteroatoms. The molecule has 0 aliphatic carbocycles. The van der Waals surface area contributed by atoms with Crippen LogP contribution in [0, 0.1) is 6.92 Å². The van der Waals surface area contributed by atoms with Gasteiger partial charge in [-0.1, -0.05) is 35.9 Å². The fraction of sp³-hybridized carbons (Fsp3) is 0.200. The number of nitrogens with zero attached hydrogens (tertiary/aromatic N) is 2. The van der Waals surface area contributed by atoms with Gasteiger partial charge in [-0.25, -0.2) is 4.98 Å². The summed E-state index contributed by atoms with van der Waals surface area (Å²) in [5.41, 5.74) is 2.52. The summed E-state index contributed by atoms with van der Waals surface area (Å²) < 4.78 is 0. The molecule has 0 bridgehead atoms. The lowest BCUT2D eigenvalue weighted by molar-refractivity contribution is 0.0804. The number of aryl methyl sites for hydroxylation is 1. The van der Waals surface area contributed by atoms with Gasteiger partial charge in [-0.05, 0) is 37.6 Å². The Labute approximate surface area is 152 Å². The molecule has 1 amide bonds. The van der Waals surface area contributed by atoms with Crippen molar-refractivity contribution >= 4 is 39.8 Å². The predicted molar refractivity (Wildman–Crippen MR) is 104 cm³/mol. The molecule has 128 valence electrons. The summed E-state index contributed by atoms with van der Waals surface area (Å²) in [5.74, 6) is 0.681. The molecule has 0 saturated heterocycles. The number of carbonyl (C=O) groups excluding carboxylic acids is 1. The van der Waals surface area contributed by atoms with Crippen LogP contribution in [0.2, 0.25) is 5.02 Å². The van der Waals surface area contributed by atoms with Gasteiger partial charge in [0.1, 0.15) is 5.82 Å². The lowest BCUT2D eigenvalue weighted by Gasteiger charge is -2.18. The van der Waals surface area contributed by atoms with Crippen molar-refractivity contribution in [2.75, 3.05) is 18.9 Å². The minimum atomic E-state index is -0.0244. The number of rotatable bonds is 4. The predicted octanol–water partition coefficient (Wildman–Crippen LogP) is 5.03. The first-order valence-corrected chi connectivity index (χ1v) is 8.55. The van der Waals surface area contributed by atoms with E-state index in [0.717, 1.165) is 22.0 Å². The number of anilines is 2. The lowest BCUT2D eigenvalue weighted by Crippen LogP contribution is -2.26. The van der Waals surface area contributed by atoms with E-state index in [9.17, 15) is 4.79 Å². The van der Waals surface area contributed by atoms with Gasteiger partial charge >= 0.3 is 0 Å². The van der Waals surface area contributed by atoms with Gasteiger partial charge in [0.15, 0.2) is 0 Å². The topological polar surface area (TPSA) is 45.2 Å². The smallest absolute Gasteiger partial charge is 0.255 e. The number of carbonyl (C=O) groups is 1. The largest absolute Gasteiger partial charge is 0.342 e. The highest BCUT2D eigenvalue weighted by Gasteiger charge is 2.17. The van der Waals surface area contributed by atoms with E-state index in [0.29, 0.717) is 22.9 Å². The number of amides is 1. The molecule has 4 nitrogen and oxygen atoms in total. The van der Waals surface area contributed by atoms with Crippen LogP contribution in [-0.4, -0.2) is 29.4 Å². The number of hydrogen-bond acceptors (Lipinski definition) is 3. The van der Waals surface area contributed by atoms with E-state index in [1.54, 1.807) is 18.1 Å². The maximum absolute atomic E-state index is 12.7. The van der Waals surface area contributed by atoms with E-state index in [1.165, 1.54) is 0 Å². The monoisotopic (exact) mass is 353 g/mol. The third kappa shape index (κ3) is 3.44. The van der Waals surface area contributed by atoms with Gasteiger partial charge in [0, 0.05) is 41.3 Å². The van der Waals surface area contributed by atoms with Crippen molar-refractivity contribution in [1.29, 1.82) is 0 Å². The van der Waals surface area contributed by atoms with E-state index >= 15 is 0 Å². The van der Waals surface area contributed by atoms with Gasteiger partial charge in [-0.15, -0.1) is 0 Å². The van der Waals surface area contributed by atoms with Gasteiger partial charge in [0.2, 0.25) is 0 Å². The molecule has 3 rings (SSSR count). The second-order valence-electron chi connectivity index (χ2n) is 5.97. The zero-order valence-corrected chi connectivity index (χ0v) is 15.3. The van der Waals surface area contributed by atoms with E-state index in [-0.39, 0.29) is 5.91 Å². The molecule has 0 radical (unpaired) electrons.